The number of benzene rings is 1. The fourth-order valence-electron chi connectivity index (χ4n) is 2.84. The summed E-state index contributed by atoms with van der Waals surface area (Å²) in [7, 11) is 0. The lowest BCUT2D eigenvalue weighted by Crippen LogP contribution is -2.19. The van der Waals surface area contributed by atoms with E-state index in [2.05, 4.69) is 40.4 Å². The van der Waals surface area contributed by atoms with Crippen LogP contribution in [-0.2, 0) is 19.4 Å². The molecule has 0 aliphatic heterocycles. The molecule has 0 saturated heterocycles. The van der Waals surface area contributed by atoms with Crippen molar-refractivity contribution < 1.29 is 0 Å². The zero-order valence-corrected chi connectivity index (χ0v) is 12.2. The fourth-order valence-corrected chi connectivity index (χ4v) is 2.84. The predicted octanol–water partition coefficient (Wildman–Crippen LogP) is 3.12. The van der Waals surface area contributed by atoms with Crippen LogP contribution in [0.1, 0.15) is 47.6 Å². The summed E-state index contributed by atoms with van der Waals surface area (Å²) in [5.74, 6) is 0.828. The first-order valence-corrected chi connectivity index (χ1v) is 7.36. The molecule has 0 amide bonds. The molecule has 2 aromatic rings. The molecular formula is C17H21N3. The molecule has 3 heteroatoms. The molecule has 104 valence electrons. The Balaban J connectivity index is 1.66. The van der Waals surface area contributed by atoms with Crippen LogP contribution in [0.2, 0.25) is 0 Å². The molecule has 3 rings (SSSR count). The van der Waals surface area contributed by atoms with Crippen molar-refractivity contribution in [3.05, 3.63) is 58.7 Å². The first kappa shape index (κ1) is 13.3. The number of hydrogen-bond acceptors (Lipinski definition) is 3. The van der Waals surface area contributed by atoms with Crippen molar-refractivity contribution in [3.8, 4) is 0 Å². The third-order valence-corrected chi connectivity index (χ3v) is 4.05. The van der Waals surface area contributed by atoms with Crippen molar-refractivity contribution >= 4 is 0 Å². The summed E-state index contributed by atoms with van der Waals surface area (Å²) in [4.78, 5) is 8.55. The van der Waals surface area contributed by atoms with Crippen LogP contribution in [0.4, 0.5) is 0 Å². The predicted molar refractivity (Wildman–Crippen MR) is 80.5 cm³/mol. The van der Waals surface area contributed by atoms with Crippen LogP contribution in [-0.4, -0.2) is 9.97 Å². The fraction of sp³-hybridized carbons (Fsp3) is 0.412. The molecular weight excluding hydrogens is 246 g/mol. The highest BCUT2D eigenvalue weighted by molar-refractivity contribution is 5.36. The zero-order chi connectivity index (χ0) is 13.9. The van der Waals surface area contributed by atoms with Crippen molar-refractivity contribution in [3.63, 3.8) is 0 Å². The second-order valence-corrected chi connectivity index (χ2v) is 5.58. The second-order valence-electron chi connectivity index (χ2n) is 5.58. The molecule has 0 radical (unpaired) electrons. The minimum atomic E-state index is 0.344. The summed E-state index contributed by atoms with van der Waals surface area (Å²) in [5.41, 5.74) is 5.49. The van der Waals surface area contributed by atoms with Crippen molar-refractivity contribution in [1.29, 1.82) is 0 Å². The van der Waals surface area contributed by atoms with E-state index in [1.54, 1.807) is 0 Å². The first-order chi connectivity index (χ1) is 9.72. The quantitative estimate of drug-likeness (QED) is 0.925. The molecule has 1 aromatic carbocycles. The van der Waals surface area contributed by atoms with Crippen LogP contribution in [0.3, 0.4) is 0 Å². The number of fused-ring (bicyclic) bond motifs is 1. The van der Waals surface area contributed by atoms with Gasteiger partial charge in [-0.2, -0.15) is 0 Å². The monoisotopic (exact) mass is 267 g/mol. The molecule has 0 bridgehead atoms. The van der Waals surface area contributed by atoms with E-state index in [0.29, 0.717) is 6.04 Å². The summed E-state index contributed by atoms with van der Waals surface area (Å²) >= 11 is 0. The molecule has 0 saturated carbocycles. The summed E-state index contributed by atoms with van der Waals surface area (Å²) in [6.07, 6.45) is 5.61. The lowest BCUT2D eigenvalue weighted by molar-refractivity contribution is 0.565. The molecule has 1 atom stereocenters. The van der Waals surface area contributed by atoms with Gasteiger partial charge >= 0.3 is 0 Å². The van der Waals surface area contributed by atoms with Gasteiger partial charge in [-0.15, -0.1) is 0 Å². The number of nitrogens with one attached hydrogen (secondary N) is 1. The SMILES string of the molecule is Cc1nccc(CNC(C)c2ccc3c(c2)CCC3)n1. The number of hydrogen-bond donors (Lipinski definition) is 1. The van der Waals surface area contributed by atoms with Gasteiger partial charge in [-0.25, -0.2) is 9.97 Å². The number of aromatic nitrogens is 2. The van der Waals surface area contributed by atoms with Gasteiger partial charge in [-0.1, -0.05) is 18.2 Å². The maximum atomic E-state index is 4.42. The molecule has 1 aliphatic rings. The van der Waals surface area contributed by atoms with Gasteiger partial charge in [-0.3, -0.25) is 0 Å². The van der Waals surface area contributed by atoms with E-state index in [-0.39, 0.29) is 0 Å². The van der Waals surface area contributed by atoms with E-state index in [4.69, 9.17) is 0 Å². The Morgan fingerprint density at radius 2 is 2.05 bits per heavy atom. The van der Waals surface area contributed by atoms with E-state index in [1.165, 1.54) is 36.0 Å². The van der Waals surface area contributed by atoms with Crippen LogP contribution in [0.15, 0.2) is 30.5 Å². The molecule has 0 fully saturated rings. The van der Waals surface area contributed by atoms with E-state index in [1.807, 2.05) is 19.2 Å². The largest absolute Gasteiger partial charge is 0.305 e. The summed E-state index contributed by atoms with van der Waals surface area (Å²) in [6.45, 7) is 4.92. The average Bonchev–Trinajstić information content (AvgIpc) is 2.92. The first-order valence-electron chi connectivity index (χ1n) is 7.36. The Morgan fingerprint density at radius 1 is 1.20 bits per heavy atom. The maximum absolute atomic E-state index is 4.42. The molecule has 0 spiro atoms. The standard InChI is InChI=1S/C17H21N3/c1-12(19-11-17-8-9-18-13(2)20-17)15-7-6-14-4-3-5-16(14)10-15/h6-10,12,19H,3-5,11H2,1-2H3. The normalized spacial score (nSPS) is 15.1. The van der Waals surface area contributed by atoms with E-state index in [9.17, 15) is 0 Å². The van der Waals surface area contributed by atoms with Crippen LogP contribution < -0.4 is 5.32 Å². The second kappa shape index (κ2) is 5.71. The average molecular weight is 267 g/mol. The van der Waals surface area contributed by atoms with Gasteiger partial charge in [0.05, 0.1) is 5.69 Å². The van der Waals surface area contributed by atoms with E-state index >= 15 is 0 Å². The van der Waals surface area contributed by atoms with Crippen molar-refractivity contribution in [1.82, 2.24) is 15.3 Å². The highest BCUT2D eigenvalue weighted by atomic mass is 14.9. The van der Waals surface area contributed by atoms with Gasteiger partial charge in [0.2, 0.25) is 0 Å². The molecule has 1 aliphatic carbocycles. The van der Waals surface area contributed by atoms with E-state index < -0.39 is 0 Å². The van der Waals surface area contributed by atoms with Crippen molar-refractivity contribution in [2.24, 2.45) is 0 Å². The molecule has 1 unspecified atom stereocenters. The molecule has 1 aromatic heterocycles. The van der Waals surface area contributed by atoms with Gasteiger partial charge < -0.3 is 5.32 Å². The number of rotatable bonds is 4. The summed E-state index contributed by atoms with van der Waals surface area (Å²) in [5, 5.41) is 3.54. The Labute approximate surface area is 120 Å². The highest BCUT2D eigenvalue weighted by Crippen LogP contribution is 2.25. The minimum absolute atomic E-state index is 0.344. The van der Waals surface area contributed by atoms with Gasteiger partial charge in [0.15, 0.2) is 0 Å². The molecule has 3 nitrogen and oxygen atoms in total. The lowest BCUT2D eigenvalue weighted by Gasteiger charge is -2.15. The Hall–Kier alpha value is -1.74. The minimum Gasteiger partial charge on any atom is -0.305 e. The summed E-state index contributed by atoms with van der Waals surface area (Å²) < 4.78 is 0. The van der Waals surface area contributed by atoms with Gasteiger partial charge in [0, 0.05) is 18.8 Å². The zero-order valence-electron chi connectivity index (χ0n) is 12.2. The van der Waals surface area contributed by atoms with Crippen LogP contribution in [0, 0.1) is 6.92 Å². The smallest absolute Gasteiger partial charge is 0.125 e. The van der Waals surface area contributed by atoms with Crippen molar-refractivity contribution in [2.45, 2.75) is 45.7 Å². The number of aryl methyl sites for hydroxylation is 3. The summed E-state index contributed by atoms with van der Waals surface area (Å²) in [6, 6.07) is 9.23. The molecule has 1 N–H and O–H groups in total. The highest BCUT2D eigenvalue weighted by Gasteiger charge is 2.13. The Bertz CT molecular complexity index is 607. The third kappa shape index (κ3) is 2.88. The van der Waals surface area contributed by atoms with E-state index in [0.717, 1.165) is 18.1 Å². The maximum Gasteiger partial charge on any atom is 0.125 e. The Kier molecular flexibility index (Phi) is 3.79. The third-order valence-electron chi connectivity index (χ3n) is 4.05. The van der Waals surface area contributed by atoms with Gasteiger partial charge in [0.25, 0.3) is 0 Å². The molecule has 20 heavy (non-hydrogen) atoms. The number of nitrogens with zero attached hydrogens (tertiary/aromatic N) is 2. The topological polar surface area (TPSA) is 37.8 Å². The van der Waals surface area contributed by atoms with Crippen LogP contribution in [0.25, 0.3) is 0 Å². The van der Waals surface area contributed by atoms with Crippen molar-refractivity contribution in [2.75, 3.05) is 0 Å². The lowest BCUT2D eigenvalue weighted by atomic mass is 10.0. The van der Waals surface area contributed by atoms with Gasteiger partial charge in [0.1, 0.15) is 5.82 Å². The van der Waals surface area contributed by atoms with Gasteiger partial charge in [-0.05, 0) is 55.9 Å². The Morgan fingerprint density at radius 3 is 2.90 bits per heavy atom. The van der Waals surface area contributed by atoms with Crippen LogP contribution in [0.5, 0.6) is 0 Å². The van der Waals surface area contributed by atoms with Crippen LogP contribution >= 0.6 is 0 Å². The molecule has 1 heterocycles.